The molecule has 0 unspecified atom stereocenters. The van der Waals surface area contributed by atoms with Crippen molar-refractivity contribution in [2.24, 2.45) is 0 Å². The zero-order valence-electron chi connectivity index (χ0n) is 14.2. The van der Waals surface area contributed by atoms with Gasteiger partial charge in [-0.25, -0.2) is 0 Å². The van der Waals surface area contributed by atoms with Crippen LogP contribution < -0.4 is 10.6 Å². The standard InChI is InChI=1S/C18H29N3O/c1-13(2)19-16-9-10-17(16)20-18(22)12-21(4)11-15-7-5-14(3)6-8-15/h5-8,13,16-17,19H,9-12H2,1-4H3,(H,20,22)/t16-,17+/m0/s1. The Morgan fingerprint density at radius 1 is 1.23 bits per heavy atom. The van der Waals surface area contributed by atoms with Crippen molar-refractivity contribution in [3.63, 3.8) is 0 Å². The van der Waals surface area contributed by atoms with Gasteiger partial charge in [0.05, 0.1) is 6.54 Å². The molecule has 22 heavy (non-hydrogen) atoms. The molecular weight excluding hydrogens is 274 g/mol. The van der Waals surface area contributed by atoms with E-state index in [9.17, 15) is 4.79 Å². The summed E-state index contributed by atoms with van der Waals surface area (Å²) in [5.74, 6) is 0.120. The topological polar surface area (TPSA) is 44.4 Å². The third-order valence-electron chi connectivity index (χ3n) is 4.15. The Balaban J connectivity index is 1.73. The van der Waals surface area contributed by atoms with E-state index in [0.29, 0.717) is 24.7 Å². The lowest BCUT2D eigenvalue weighted by molar-refractivity contribution is -0.123. The van der Waals surface area contributed by atoms with Crippen LogP contribution in [0.5, 0.6) is 0 Å². The van der Waals surface area contributed by atoms with Crippen LogP contribution >= 0.6 is 0 Å². The van der Waals surface area contributed by atoms with E-state index in [0.717, 1.165) is 19.4 Å². The van der Waals surface area contributed by atoms with Gasteiger partial charge in [0, 0.05) is 24.7 Å². The van der Waals surface area contributed by atoms with Crippen LogP contribution in [0.25, 0.3) is 0 Å². The molecule has 0 heterocycles. The first-order valence-corrected chi connectivity index (χ1v) is 8.23. The molecule has 4 nitrogen and oxygen atoms in total. The molecule has 1 amide bonds. The van der Waals surface area contributed by atoms with Crippen molar-refractivity contribution in [1.82, 2.24) is 15.5 Å². The van der Waals surface area contributed by atoms with Crippen molar-refractivity contribution in [3.05, 3.63) is 35.4 Å². The number of carbonyl (C=O) groups excluding carboxylic acids is 1. The Morgan fingerprint density at radius 2 is 1.86 bits per heavy atom. The molecule has 2 rings (SSSR count). The maximum atomic E-state index is 12.2. The Morgan fingerprint density at radius 3 is 2.41 bits per heavy atom. The Bertz CT molecular complexity index is 484. The van der Waals surface area contributed by atoms with E-state index < -0.39 is 0 Å². The summed E-state index contributed by atoms with van der Waals surface area (Å²) in [7, 11) is 1.99. The highest BCUT2D eigenvalue weighted by Gasteiger charge is 2.32. The highest BCUT2D eigenvalue weighted by atomic mass is 16.2. The average molecular weight is 303 g/mol. The van der Waals surface area contributed by atoms with Gasteiger partial charge in [0.1, 0.15) is 0 Å². The second-order valence-corrected chi connectivity index (χ2v) is 6.84. The van der Waals surface area contributed by atoms with Crippen molar-refractivity contribution >= 4 is 5.91 Å². The molecule has 1 aromatic rings. The summed E-state index contributed by atoms with van der Waals surface area (Å²) in [5, 5.41) is 6.66. The number of rotatable bonds is 7. The van der Waals surface area contributed by atoms with Gasteiger partial charge in [-0.05, 0) is 32.4 Å². The number of aryl methyl sites for hydroxylation is 1. The van der Waals surface area contributed by atoms with Crippen LogP contribution in [0, 0.1) is 6.92 Å². The third kappa shape index (κ3) is 5.11. The van der Waals surface area contributed by atoms with Crippen molar-refractivity contribution in [3.8, 4) is 0 Å². The van der Waals surface area contributed by atoms with E-state index in [1.807, 2.05) is 7.05 Å². The van der Waals surface area contributed by atoms with Gasteiger partial charge in [-0.3, -0.25) is 9.69 Å². The van der Waals surface area contributed by atoms with E-state index in [1.165, 1.54) is 11.1 Å². The Kier molecular flexibility index (Phi) is 5.98. The monoisotopic (exact) mass is 303 g/mol. The number of carbonyl (C=O) groups is 1. The molecule has 1 aliphatic rings. The smallest absolute Gasteiger partial charge is 0.234 e. The quantitative estimate of drug-likeness (QED) is 0.810. The predicted octanol–water partition coefficient (Wildman–Crippen LogP) is 2.07. The molecule has 2 atom stereocenters. The zero-order chi connectivity index (χ0) is 16.1. The number of benzene rings is 1. The lowest BCUT2D eigenvalue weighted by Crippen LogP contribution is -2.59. The molecule has 0 radical (unpaired) electrons. The normalized spacial score (nSPS) is 21.0. The maximum Gasteiger partial charge on any atom is 0.234 e. The van der Waals surface area contributed by atoms with Gasteiger partial charge < -0.3 is 10.6 Å². The third-order valence-corrected chi connectivity index (χ3v) is 4.15. The van der Waals surface area contributed by atoms with Crippen LogP contribution in [-0.4, -0.2) is 42.5 Å². The van der Waals surface area contributed by atoms with E-state index in [-0.39, 0.29) is 5.91 Å². The first-order chi connectivity index (χ1) is 10.4. The van der Waals surface area contributed by atoms with Gasteiger partial charge >= 0.3 is 0 Å². The van der Waals surface area contributed by atoms with Crippen molar-refractivity contribution < 1.29 is 4.79 Å². The molecule has 0 bridgehead atoms. The van der Waals surface area contributed by atoms with Gasteiger partial charge in [-0.15, -0.1) is 0 Å². The van der Waals surface area contributed by atoms with E-state index in [2.05, 4.69) is 60.6 Å². The lowest BCUT2D eigenvalue weighted by Gasteiger charge is -2.39. The SMILES string of the molecule is Cc1ccc(CN(C)CC(=O)N[C@@H]2CC[C@@H]2NC(C)C)cc1. The minimum atomic E-state index is 0.120. The molecule has 1 aliphatic carbocycles. The molecule has 0 aromatic heterocycles. The minimum Gasteiger partial charge on any atom is -0.351 e. The van der Waals surface area contributed by atoms with Crippen LogP contribution in [0.1, 0.15) is 37.8 Å². The van der Waals surface area contributed by atoms with Gasteiger partial charge in [-0.2, -0.15) is 0 Å². The van der Waals surface area contributed by atoms with Gasteiger partial charge in [0.15, 0.2) is 0 Å². The van der Waals surface area contributed by atoms with Crippen molar-refractivity contribution in [2.75, 3.05) is 13.6 Å². The van der Waals surface area contributed by atoms with Crippen LogP contribution in [0.3, 0.4) is 0 Å². The zero-order valence-corrected chi connectivity index (χ0v) is 14.2. The number of likely N-dealkylation sites (N-methyl/N-ethyl adjacent to an activating group) is 1. The number of amides is 1. The van der Waals surface area contributed by atoms with Crippen LogP contribution in [0.15, 0.2) is 24.3 Å². The summed E-state index contributed by atoms with van der Waals surface area (Å²) < 4.78 is 0. The van der Waals surface area contributed by atoms with E-state index >= 15 is 0 Å². The Labute approximate surface area is 134 Å². The fourth-order valence-electron chi connectivity index (χ4n) is 2.86. The van der Waals surface area contributed by atoms with Gasteiger partial charge in [0.2, 0.25) is 5.91 Å². The van der Waals surface area contributed by atoms with Crippen LogP contribution in [0.2, 0.25) is 0 Å². The van der Waals surface area contributed by atoms with Crippen molar-refractivity contribution in [2.45, 2.75) is 58.3 Å². The molecular formula is C18H29N3O. The molecule has 0 saturated heterocycles. The number of hydrogen-bond donors (Lipinski definition) is 2. The van der Waals surface area contributed by atoms with Gasteiger partial charge in [0.25, 0.3) is 0 Å². The fourth-order valence-corrected chi connectivity index (χ4v) is 2.86. The summed E-state index contributed by atoms with van der Waals surface area (Å²) in [6.45, 7) is 7.62. The van der Waals surface area contributed by atoms with E-state index in [1.54, 1.807) is 0 Å². The van der Waals surface area contributed by atoms with Gasteiger partial charge in [-0.1, -0.05) is 43.7 Å². The first kappa shape index (κ1) is 17.0. The minimum absolute atomic E-state index is 0.120. The van der Waals surface area contributed by atoms with E-state index in [4.69, 9.17) is 0 Å². The largest absolute Gasteiger partial charge is 0.351 e. The molecule has 1 saturated carbocycles. The number of nitrogens with zero attached hydrogens (tertiary/aromatic N) is 1. The molecule has 1 fully saturated rings. The molecule has 122 valence electrons. The summed E-state index contributed by atoms with van der Waals surface area (Å²) >= 11 is 0. The summed E-state index contributed by atoms with van der Waals surface area (Å²) in [5.41, 5.74) is 2.50. The van der Waals surface area contributed by atoms with Crippen molar-refractivity contribution in [1.29, 1.82) is 0 Å². The molecule has 0 aliphatic heterocycles. The summed E-state index contributed by atoms with van der Waals surface area (Å²) in [6, 6.07) is 9.67. The van der Waals surface area contributed by atoms with Crippen LogP contribution in [0.4, 0.5) is 0 Å². The summed E-state index contributed by atoms with van der Waals surface area (Å²) in [4.78, 5) is 14.2. The second kappa shape index (κ2) is 7.75. The van der Waals surface area contributed by atoms with Crippen LogP contribution in [-0.2, 0) is 11.3 Å². The lowest BCUT2D eigenvalue weighted by atomic mass is 9.86. The highest BCUT2D eigenvalue weighted by Crippen LogP contribution is 2.20. The fraction of sp³-hybridized carbons (Fsp3) is 0.611. The number of nitrogens with one attached hydrogen (secondary N) is 2. The molecule has 0 spiro atoms. The number of hydrogen-bond acceptors (Lipinski definition) is 3. The molecule has 1 aromatic carbocycles. The predicted molar refractivity (Wildman–Crippen MR) is 90.7 cm³/mol. The maximum absolute atomic E-state index is 12.2. The second-order valence-electron chi connectivity index (χ2n) is 6.84. The average Bonchev–Trinajstić information content (AvgIpc) is 2.43. The molecule has 4 heteroatoms. The Hall–Kier alpha value is -1.39. The first-order valence-electron chi connectivity index (χ1n) is 8.23. The highest BCUT2D eigenvalue weighted by molar-refractivity contribution is 5.78. The molecule has 2 N–H and O–H groups in total. The summed E-state index contributed by atoms with van der Waals surface area (Å²) in [6.07, 6.45) is 2.24.